The van der Waals surface area contributed by atoms with Gasteiger partial charge in [-0.05, 0) is 57.8 Å². The molecule has 0 aliphatic carbocycles. The Morgan fingerprint density at radius 3 is 0.696 bits per heavy atom. The largest absolute Gasteiger partial charge is 3.00 e. The van der Waals surface area contributed by atoms with Gasteiger partial charge < -0.3 is 43.9 Å². The van der Waals surface area contributed by atoms with Crippen molar-refractivity contribution in [3.8, 4) is 0 Å². The smallest absolute Gasteiger partial charge is 0.549 e. The van der Waals surface area contributed by atoms with E-state index in [-0.39, 0.29) is 108 Å². The van der Waals surface area contributed by atoms with Gasteiger partial charge in [-0.3, -0.25) is 14.4 Å². The molecule has 0 spiro atoms. The number of hydrogen-bond acceptors (Lipinski definition) is 12. The average molecular weight is 735 g/mol. The molecule has 0 heterocycles. The van der Waals surface area contributed by atoms with Gasteiger partial charge in [-0.2, -0.15) is 0 Å². The Balaban J connectivity index is -0.000000285. The Hall–Kier alpha value is -1.60. The van der Waals surface area contributed by atoms with Crippen molar-refractivity contribution >= 4 is 35.3 Å². The van der Waals surface area contributed by atoms with Gasteiger partial charge in [0.2, 0.25) is 0 Å². The van der Waals surface area contributed by atoms with Gasteiger partial charge in [-0.1, -0.05) is 62.3 Å². The zero-order valence-electron chi connectivity index (χ0n) is 29.6. The summed E-state index contributed by atoms with van der Waals surface area (Å²) in [4.78, 5) is 68.0. The number of aliphatic carboxylic acids is 3. The Kier molecular flexibility index (Phi) is 31.7. The van der Waals surface area contributed by atoms with Crippen LogP contribution < -0.4 is 15.3 Å². The molecular weight excluding hydrogens is 677 g/mol. The number of carbonyl (C=O) groups is 6. The first-order valence-electron chi connectivity index (χ1n) is 16.1. The zero-order chi connectivity index (χ0) is 35.7. The Morgan fingerprint density at radius 2 is 0.587 bits per heavy atom. The van der Waals surface area contributed by atoms with E-state index in [0.29, 0.717) is 19.8 Å². The molecule has 0 aliphatic heterocycles. The quantitative estimate of drug-likeness (QED) is 0.103. The van der Waals surface area contributed by atoms with Gasteiger partial charge >= 0.3 is 32.7 Å². The first kappa shape index (κ1) is 51.2. The molecule has 0 aromatic heterocycles. The maximum atomic E-state index is 11.7. The van der Waals surface area contributed by atoms with Crippen LogP contribution >= 0.6 is 0 Å². The van der Waals surface area contributed by atoms with Crippen LogP contribution in [-0.4, -0.2) is 74.9 Å². The normalized spacial score (nSPS) is 11.2. The number of ketones is 3. The van der Waals surface area contributed by atoms with Gasteiger partial charge in [0, 0.05) is 19.8 Å². The third-order valence-electron chi connectivity index (χ3n) is 8.14. The van der Waals surface area contributed by atoms with E-state index in [2.05, 4.69) is 0 Å². The molecule has 0 fully saturated rings. The van der Waals surface area contributed by atoms with Crippen LogP contribution in [0.2, 0.25) is 0 Å². The molecule has 0 rings (SSSR count). The minimum atomic E-state index is -1.37. The number of hydrogen-bond donors (Lipinski definition) is 0. The number of carboxylic acids is 3. The molecular formula is C33H57O12Y. The van der Waals surface area contributed by atoms with E-state index >= 15 is 0 Å². The maximum Gasteiger partial charge on any atom is 3.00 e. The summed E-state index contributed by atoms with van der Waals surface area (Å²) in [6, 6.07) is 0. The fourth-order valence-corrected chi connectivity index (χ4v) is 4.48. The molecule has 0 atom stereocenters. The monoisotopic (exact) mass is 734 g/mol. The van der Waals surface area contributed by atoms with Crippen LogP contribution in [0, 0.1) is 16.2 Å². The molecule has 0 unspecified atom stereocenters. The third-order valence-corrected chi connectivity index (χ3v) is 8.14. The van der Waals surface area contributed by atoms with Crippen molar-refractivity contribution in [3.05, 3.63) is 0 Å². The Morgan fingerprint density at radius 1 is 0.413 bits per heavy atom. The minimum Gasteiger partial charge on any atom is -0.549 e. The van der Waals surface area contributed by atoms with Gasteiger partial charge in [0.05, 0.1) is 34.2 Å². The topological polar surface area (TPSA) is 199 Å². The van der Waals surface area contributed by atoms with Gasteiger partial charge in [-0.25, -0.2) is 0 Å². The van der Waals surface area contributed by atoms with Crippen molar-refractivity contribution in [2.24, 2.45) is 16.2 Å². The van der Waals surface area contributed by atoms with Gasteiger partial charge in [-0.15, -0.1) is 0 Å². The summed E-state index contributed by atoms with van der Waals surface area (Å²) in [6.45, 7) is 16.9. The van der Waals surface area contributed by atoms with E-state index < -0.39 is 34.2 Å². The molecule has 0 amide bonds. The van der Waals surface area contributed by atoms with E-state index in [4.69, 9.17) is 14.2 Å². The van der Waals surface area contributed by atoms with Gasteiger partial charge in [0.25, 0.3) is 0 Å². The minimum absolute atomic E-state index is 0. The predicted octanol–water partition coefficient (Wildman–Crippen LogP) is 1.61. The van der Waals surface area contributed by atoms with E-state index in [1.54, 1.807) is 41.5 Å². The van der Waals surface area contributed by atoms with E-state index in [1.807, 2.05) is 20.8 Å². The van der Waals surface area contributed by atoms with Gasteiger partial charge in [0.1, 0.15) is 19.8 Å². The molecule has 0 aromatic carbocycles. The molecule has 12 nitrogen and oxygen atoms in total. The van der Waals surface area contributed by atoms with E-state index in [0.717, 1.165) is 19.3 Å². The number of ether oxygens (including phenoxy) is 3. The van der Waals surface area contributed by atoms with Crippen LogP contribution in [-0.2, 0) is 75.7 Å². The SMILES string of the molecule is CCCOCC(=O)C(CC)(CC)C(=O)[O-].CCCOCC(=O)C(CC)(CC)C(=O)[O-].CCCOCC(=O)C(CC)(CC)C(=O)[O-].[Y+3]. The molecule has 0 aromatic rings. The second-order valence-electron chi connectivity index (χ2n) is 10.7. The second kappa shape index (κ2) is 28.4. The zero-order valence-corrected chi connectivity index (χ0v) is 32.4. The predicted molar refractivity (Wildman–Crippen MR) is 162 cm³/mol. The van der Waals surface area contributed by atoms with Crippen molar-refractivity contribution in [2.75, 3.05) is 39.6 Å². The first-order chi connectivity index (χ1) is 21.1. The Labute approximate surface area is 301 Å². The summed E-state index contributed by atoms with van der Waals surface area (Å²) in [7, 11) is 0. The van der Waals surface area contributed by atoms with Crippen LogP contribution in [0.3, 0.4) is 0 Å². The number of carboxylic acid groups (broad SMARTS) is 3. The second-order valence-corrected chi connectivity index (χ2v) is 10.7. The number of carbonyl (C=O) groups excluding carboxylic acids is 6. The van der Waals surface area contributed by atoms with Gasteiger partial charge in [0.15, 0.2) is 17.3 Å². The first-order valence-corrected chi connectivity index (χ1v) is 16.1. The number of Topliss-reactive ketones (excluding diaryl/α,β-unsaturated/α-hetero) is 3. The maximum absolute atomic E-state index is 11.7. The Bertz CT molecular complexity index is 777. The average Bonchev–Trinajstić information content (AvgIpc) is 3.00. The van der Waals surface area contributed by atoms with E-state index in [9.17, 15) is 44.1 Å². The summed E-state index contributed by atoms with van der Waals surface area (Å²) in [5.74, 6) is -5.05. The summed E-state index contributed by atoms with van der Waals surface area (Å²) in [5.41, 5.74) is -4.10. The molecule has 0 N–H and O–H groups in total. The van der Waals surface area contributed by atoms with Crippen molar-refractivity contribution in [1.29, 1.82) is 0 Å². The summed E-state index contributed by atoms with van der Waals surface area (Å²) in [5, 5.41) is 32.9. The van der Waals surface area contributed by atoms with Crippen molar-refractivity contribution in [3.63, 3.8) is 0 Å². The fraction of sp³-hybridized carbons (Fsp3) is 0.818. The molecule has 0 radical (unpaired) electrons. The van der Waals surface area contributed by atoms with Crippen LogP contribution in [0.15, 0.2) is 0 Å². The molecule has 264 valence electrons. The van der Waals surface area contributed by atoms with Crippen LogP contribution in [0.4, 0.5) is 0 Å². The van der Waals surface area contributed by atoms with E-state index in [1.165, 1.54) is 0 Å². The standard InChI is InChI=1S/3C11H20O4.Y/c3*1-4-7-15-8-9(12)11(5-2,6-3)10(13)14;/h3*4-8H2,1-3H3,(H,13,14);/q;;;+3/p-3. The molecule has 0 bridgehead atoms. The molecule has 0 aliphatic rings. The molecule has 0 saturated carbocycles. The van der Waals surface area contributed by atoms with Crippen LogP contribution in [0.1, 0.15) is 120 Å². The summed E-state index contributed by atoms with van der Waals surface area (Å²) in [6.07, 6.45) is 3.93. The molecule has 46 heavy (non-hydrogen) atoms. The summed E-state index contributed by atoms with van der Waals surface area (Å²) < 4.78 is 15.2. The van der Waals surface area contributed by atoms with Crippen LogP contribution in [0.5, 0.6) is 0 Å². The van der Waals surface area contributed by atoms with Crippen LogP contribution in [0.25, 0.3) is 0 Å². The fourth-order valence-electron chi connectivity index (χ4n) is 4.48. The van der Waals surface area contributed by atoms with Crippen molar-refractivity contribution < 1.29 is 91.0 Å². The number of rotatable bonds is 24. The van der Waals surface area contributed by atoms with Crippen molar-refractivity contribution in [1.82, 2.24) is 0 Å². The summed E-state index contributed by atoms with van der Waals surface area (Å²) >= 11 is 0. The molecule has 0 saturated heterocycles. The van der Waals surface area contributed by atoms with Crippen molar-refractivity contribution in [2.45, 2.75) is 120 Å². The molecule has 13 heteroatoms. The third kappa shape index (κ3) is 16.0.